The minimum absolute atomic E-state index is 0.231. The molecule has 94 valence electrons. The van der Waals surface area contributed by atoms with Crippen molar-refractivity contribution >= 4 is 11.6 Å². The van der Waals surface area contributed by atoms with E-state index in [-0.39, 0.29) is 16.3 Å². The van der Waals surface area contributed by atoms with Gasteiger partial charge in [0.05, 0.1) is 5.02 Å². The minimum atomic E-state index is -0.246. The van der Waals surface area contributed by atoms with Crippen LogP contribution in [0.15, 0.2) is 18.2 Å². The van der Waals surface area contributed by atoms with Crippen LogP contribution >= 0.6 is 11.6 Å². The molecule has 0 bridgehead atoms. The molecule has 1 unspecified atom stereocenters. The SMILES string of the molecule is CCNC(C)C1(Cc2cccc(Cl)c2F)CC1. The van der Waals surface area contributed by atoms with Gasteiger partial charge in [-0.1, -0.05) is 30.7 Å². The first-order valence-corrected chi connectivity index (χ1v) is 6.63. The van der Waals surface area contributed by atoms with Crippen LogP contribution in [0.1, 0.15) is 32.3 Å². The van der Waals surface area contributed by atoms with Crippen molar-refractivity contribution in [2.24, 2.45) is 5.41 Å². The molecular formula is C14H19ClFN. The average molecular weight is 256 g/mol. The lowest BCUT2D eigenvalue weighted by Gasteiger charge is -2.24. The van der Waals surface area contributed by atoms with Gasteiger partial charge in [0.25, 0.3) is 0 Å². The van der Waals surface area contributed by atoms with Crippen LogP contribution in [0.25, 0.3) is 0 Å². The van der Waals surface area contributed by atoms with E-state index < -0.39 is 0 Å². The van der Waals surface area contributed by atoms with Gasteiger partial charge in [0.15, 0.2) is 0 Å². The maximum atomic E-state index is 13.9. The van der Waals surface area contributed by atoms with Gasteiger partial charge in [-0.05, 0) is 49.8 Å². The van der Waals surface area contributed by atoms with E-state index in [9.17, 15) is 4.39 Å². The predicted octanol–water partition coefficient (Wildman–Crippen LogP) is 3.80. The Labute approximate surface area is 107 Å². The normalized spacial score (nSPS) is 19.1. The van der Waals surface area contributed by atoms with Crippen LogP contribution in [0.5, 0.6) is 0 Å². The van der Waals surface area contributed by atoms with Crippen molar-refractivity contribution in [3.63, 3.8) is 0 Å². The second-order valence-corrected chi connectivity index (χ2v) is 5.44. The van der Waals surface area contributed by atoms with Crippen LogP contribution < -0.4 is 5.32 Å². The molecule has 0 radical (unpaired) electrons. The summed E-state index contributed by atoms with van der Waals surface area (Å²) in [5, 5.41) is 3.68. The lowest BCUT2D eigenvalue weighted by Crippen LogP contribution is -2.36. The smallest absolute Gasteiger partial charge is 0.144 e. The van der Waals surface area contributed by atoms with Crippen molar-refractivity contribution in [3.8, 4) is 0 Å². The van der Waals surface area contributed by atoms with Gasteiger partial charge < -0.3 is 5.32 Å². The standard InChI is InChI=1S/C14H19ClFN/c1-3-17-10(2)14(7-8-14)9-11-5-4-6-12(15)13(11)16/h4-6,10,17H,3,7-9H2,1-2H3. The van der Waals surface area contributed by atoms with Gasteiger partial charge in [-0.25, -0.2) is 4.39 Å². The molecule has 1 saturated carbocycles. The van der Waals surface area contributed by atoms with E-state index in [1.165, 1.54) is 12.8 Å². The highest BCUT2D eigenvalue weighted by atomic mass is 35.5. The van der Waals surface area contributed by atoms with Gasteiger partial charge in [0.2, 0.25) is 0 Å². The highest BCUT2D eigenvalue weighted by Crippen LogP contribution is 2.51. The van der Waals surface area contributed by atoms with Crippen LogP contribution in [-0.4, -0.2) is 12.6 Å². The summed E-state index contributed by atoms with van der Waals surface area (Å²) in [5.74, 6) is -0.246. The summed E-state index contributed by atoms with van der Waals surface area (Å²) in [5.41, 5.74) is 0.987. The third-order valence-electron chi connectivity index (χ3n) is 3.90. The minimum Gasteiger partial charge on any atom is -0.314 e. The Bertz CT molecular complexity index is 401. The van der Waals surface area contributed by atoms with Crippen molar-refractivity contribution in [3.05, 3.63) is 34.6 Å². The Morgan fingerprint density at radius 1 is 1.47 bits per heavy atom. The first-order chi connectivity index (χ1) is 8.09. The fraction of sp³-hybridized carbons (Fsp3) is 0.571. The molecule has 0 aliphatic heterocycles. The maximum Gasteiger partial charge on any atom is 0.144 e. The number of halogens is 2. The molecule has 3 heteroatoms. The van der Waals surface area contributed by atoms with E-state index in [0.29, 0.717) is 6.04 Å². The molecule has 0 aromatic heterocycles. The topological polar surface area (TPSA) is 12.0 Å². The monoisotopic (exact) mass is 255 g/mol. The zero-order valence-electron chi connectivity index (χ0n) is 10.4. The molecule has 17 heavy (non-hydrogen) atoms. The highest BCUT2D eigenvalue weighted by molar-refractivity contribution is 6.30. The van der Waals surface area contributed by atoms with Gasteiger partial charge >= 0.3 is 0 Å². The molecule has 1 aliphatic carbocycles. The van der Waals surface area contributed by atoms with Crippen LogP contribution in [0.3, 0.4) is 0 Å². The molecule has 0 spiro atoms. The van der Waals surface area contributed by atoms with Crippen molar-refractivity contribution in [1.82, 2.24) is 5.32 Å². The number of nitrogens with one attached hydrogen (secondary N) is 1. The lowest BCUT2D eigenvalue weighted by molar-refractivity contribution is 0.351. The molecule has 1 nitrogen and oxygen atoms in total. The van der Waals surface area contributed by atoms with Crippen LogP contribution in [-0.2, 0) is 6.42 Å². The van der Waals surface area contributed by atoms with Crippen molar-refractivity contribution in [1.29, 1.82) is 0 Å². The quantitative estimate of drug-likeness (QED) is 0.844. The van der Waals surface area contributed by atoms with Crippen LogP contribution in [0.4, 0.5) is 4.39 Å². The van der Waals surface area contributed by atoms with E-state index in [1.54, 1.807) is 6.07 Å². The highest BCUT2D eigenvalue weighted by Gasteiger charge is 2.47. The molecule has 0 amide bonds. The fourth-order valence-electron chi connectivity index (χ4n) is 2.51. The zero-order valence-corrected chi connectivity index (χ0v) is 11.1. The summed E-state index contributed by atoms with van der Waals surface area (Å²) in [7, 11) is 0. The number of hydrogen-bond donors (Lipinski definition) is 1. The molecule has 1 aromatic rings. The van der Waals surface area contributed by atoms with E-state index >= 15 is 0 Å². The third kappa shape index (κ3) is 2.63. The van der Waals surface area contributed by atoms with Crippen LogP contribution in [0.2, 0.25) is 5.02 Å². The molecule has 2 rings (SSSR count). The van der Waals surface area contributed by atoms with Gasteiger partial charge in [-0.3, -0.25) is 0 Å². The summed E-state index contributed by atoms with van der Waals surface area (Å²) in [6.07, 6.45) is 3.13. The number of hydrogen-bond acceptors (Lipinski definition) is 1. The summed E-state index contributed by atoms with van der Waals surface area (Å²) < 4.78 is 13.9. The van der Waals surface area contributed by atoms with Crippen molar-refractivity contribution < 1.29 is 4.39 Å². The first kappa shape index (κ1) is 12.8. The maximum absolute atomic E-state index is 13.9. The van der Waals surface area contributed by atoms with Gasteiger partial charge in [-0.2, -0.15) is 0 Å². The summed E-state index contributed by atoms with van der Waals surface area (Å²) in [6, 6.07) is 5.72. The molecule has 1 fully saturated rings. The average Bonchev–Trinajstić information content (AvgIpc) is 3.06. The Morgan fingerprint density at radius 3 is 2.76 bits per heavy atom. The molecule has 0 saturated heterocycles. The Morgan fingerprint density at radius 2 is 2.18 bits per heavy atom. The first-order valence-electron chi connectivity index (χ1n) is 6.25. The summed E-state index contributed by atoms with van der Waals surface area (Å²) >= 11 is 5.81. The molecule has 1 N–H and O–H groups in total. The second-order valence-electron chi connectivity index (χ2n) is 5.03. The lowest BCUT2D eigenvalue weighted by atomic mass is 9.89. The number of rotatable bonds is 5. The molecular weight excluding hydrogens is 237 g/mol. The summed E-state index contributed by atoms with van der Waals surface area (Å²) in [4.78, 5) is 0. The van der Waals surface area contributed by atoms with E-state index in [4.69, 9.17) is 11.6 Å². The van der Waals surface area contributed by atoms with E-state index in [1.807, 2.05) is 12.1 Å². The molecule has 1 aromatic carbocycles. The van der Waals surface area contributed by atoms with E-state index in [0.717, 1.165) is 18.5 Å². The van der Waals surface area contributed by atoms with Gasteiger partial charge in [0.1, 0.15) is 5.82 Å². The Hall–Kier alpha value is -0.600. The largest absolute Gasteiger partial charge is 0.314 e. The molecule has 1 atom stereocenters. The number of benzene rings is 1. The molecule has 0 heterocycles. The van der Waals surface area contributed by atoms with Crippen LogP contribution in [0, 0.1) is 11.2 Å². The van der Waals surface area contributed by atoms with Crippen molar-refractivity contribution in [2.75, 3.05) is 6.54 Å². The van der Waals surface area contributed by atoms with Gasteiger partial charge in [0, 0.05) is 6.04 Å². The Balaban J connectivity index is 2.13. The fourth-order valence-corrected chi connectivity index (χ4v) is 2.70. The van der Waals surface area contributed by atoms with E-state index in [2.05, 4.69) is 19.2 Å². The van der Waals surface area contributed by atoms with Gasteiger partial charge in [-0.15, -0.1) is 0 Å². The zero-order chi connectivity index (χ0) is 12.5. The molecule has 1 aliphatic rings. The third-order valence-corrected chi connectivity index (χ3v) is 4.19. The predicted molar refractivity (Wildman–Crippen MR) is 69.9 cm³/mol. The Kier molecular flexibility index (Phi) is 3.74. The van der Waals surface area contributed by atoms with Crippen molar-refractivity contribution in [2.45, 2.75) is 39.2 Å². The second kappa shape index (κ2) is 4.95. The summed E-state index contributed by atoms with van der Waals surface area (Å²) in [6.45, 7) is 5.26.